The number of carboxylic acids is 1. The Bertz CT molecular complexity index is 261. The summed E-state index contributed by atoms with van der Waals surface area (Å²) in [6.45, 7) is 0.274. The van der Waals surface area contributed by atoms with Crippen molar-refractivity contribution in [3.63, 3.8) is 0 Å². The van der Waals surface area contributed by atoms with Gasteiger partial charge in [-0.15, -0.1) is 0 Å². The standard InChI is InChI=1S/C7H15N5O3/c8-4(5(13)14)2-1-3-11-7(15)12-6(9)10/h4H,1-3,8H2,(H,13,14)(H5,9,10,11,12,15). The van der Waals surface area contributed by atoms with Gasteiger partial charge in [0.2, 0.25) is 0 Å². The molecule has 0 rings (SSSR count). The van der Waals surface area contributed by atoms with E-state index in [2.05, 4.69) is 10.3 Å². The summed E-state index contributed by atoms with van der Waals surface area (Å²) in [5, 5.41) is 10.8. The van der Waals surface area contributed by atoms with Gasteiger partial charge in [-0.1, -0.05) is 0 Å². The fourth-order valence-corrected chi connectivity index (χ4v) is 0.798. The fraction of sp³-hybridized carbons (Fsp3) is 0.571. The maximum atomic E-state index is 10.8. The highest BCUT2D eigenvalue weighted by Crippen LogP contribution is 1.93. The number of nitrogens with zero attached hydrogens (tertiary/aromatic N) is 1. The van der Waals surface area contributed by atoms with E-state index in [9.17, 15) is 9.59 Å². The molecule has 1 atom stereocenters. The number of nitrogens with two attached hydrogens (primary N) is 3. The van der Waals surface area contributed by atoms with Crippen molar-refractivity contribution >= 4 is 18.0 Å². The van der Waals surface area contributed by atoms with Crippen LogP contribution in [-0.4, -0.2) is 35.7 Å². The van der Waals surface area contributed by atoms with E-state index in [-0.39, 0.29) is 18.9 Å². The molecule has 0 aromatic heterocycles. The maximum absolute atomic E-state index is 10.8. The van der Waals surface area contributed by atoms with Crippen molar-refractivity contribution in [1.29, 1.82) is 0 Å². The van der Waals surface area contributed by atoms with Crippen LogP contribution in [0, 0.1) is 0 Å². The molecule has 86 valence electrons. The van der Waals surface area contributed by atoms with Gasteiger partial charge >= 0.3 is 12.0 Å². The van der Waals surface area contributed by atoms with E-state index in [0.717, 1.165) is 0 Å². The minimum Gasteiger partial charge on any atom is -0.480 e. The summed E-state index contributed by atoms with van der Waals surface area (Å²) in [4.78, 5) is 24.3. The van der Waals surface area contributed by atoms with Crippen LogP contribution in [0.15, 0.2) is 4.99 Å². The lowest BCUT2D eigenvalue weighted by molar-refractivity contribution is -0.138. The van der Waals surface area contributed by atoms with Crippen LogP contribution in [0.3, 0.4) is 0 Å². The summed E-state index contributed by atoms with van der Waals surface area (Å²) >= 11 is 0. The van der Waals surface area contributed by atoms with Gasteiger partial charge in [-0.05, 0) is 12.8 Å². The number of urea groups is 1. The van der Waals surface area contributed by atoms with Crippen LogP contribution in [0.2, 0.25) is 0 Å². The quantitative estimate of drug-likeness (QED) is 0.207. The molecule has 0 saturated carbocycles. The molecule has 0 aliphatic heterocycles. The number of hydrogen-bond acceptors (Lipinski definition) is 3. The van der Waals surface area contributed by atoms with Crippen LogP contribution in [-0.2, 0) is 4.79 Å². The van der Waals surface area contributed by atoms with Crippen LogP contribution in [0.5, 0.6) is 0 Å². The zero-order valence-corrected chi connectivity index (χ0v) is 8.14. The number of carboxylic acid groups (broad SMARTS) is 1. The molecule has 0 aliphatic rings. The maximum Gasteiger partial charge on any atom is 0.344 e. The Labute approximate surface area is 86.5 Å². The number of aliphatic imine (C=N–C) groups is 1. The van der Waals surface area contributed by atoms with Crippen molar-refractivity contribution in [3.05, 3.63) is 0 Å². The van der Waals surface area contributed by atoms with Crippen molar-refractivity contribution in [1.82, 2.24) is 5.32 Å². The molecule has 0 fully saturated rings. The molecule has 0 aromatic carbocycles. The highest BCUT2D eigenvalue weighted by atomic mass is 16.4. The largest absolute Gasteiger partial charge is 0.480 e. The first kappa shape index (κ1) is 13.2. The number of hydrogen-bond donors (Lipinski definition) is 5. The minimum atomic E-state index is -1.06. The Morgan fingerprint density at radius 1 is 1.40 bits per heavy atom. The third-order valence-electron chi connectivity index (χ3n) is 1.52. The molecular formula is C7H15N5O3. The van der Waals surface area contributed by atoms with Crippen molar-refractivity contribution in [2.75, 3.05) is 6.54 Å². The predicted molar refractivity (Wildman–Crippen MR) is 54.1 cm³/mol. The van der Waals surface area contributed by atoms with Crippen LogP contribution < -0.4 is 22.5 Å². The van der Waals surface area contributed by atoms with Gasteiger partial charge in [0, 0.05) is 6.54 Å². The van der Waals surface area contributed by atoms with Crippen LogP contribution in [0.25, 0.3) is 0 Å². The molecular weight excluding hydrogens is 202 g/mol. The summed E-state index contributed by atoms with van der Waals surface area (Å²) in [6, 6.07) is -1.57. The van der Waals surface area contributed by atoms with Crippen molar-refractivity contribution in [3.8, 4) is 0 Å². The molecule has 0 aliphatic carbocycles. The number of amides is 2. The number of carbonyl (C=O) groups is 2. The second-order valence-electron chi connectivity index (χ2n) is 2.86. The molecule has 2 amide bonds. The minimum absolute atomic E-state index is 0.274. The zero-order valence-electron chi connectivity index (χ0n) is 8.14. The monoisotopic (exact) mass is 217 g/mol. The molecule has 0 bridgehead atoms. The van der Waals surface area contributed by atoms with E-state index in [1.54, 1.807) is 0 Å². The number of aliphatic carboxylic acids is 1. The van der Waals surface area contributed by atoms with Crippen molar-refractivity contribution < 1.29 is 14.7 Å². The van der Waals surface area contributed by atoms with Gasteiger partial charge in [0.15, 0.2) is 5.96 Å². The topological polar surface area (TPSA) is 157 Å². The number of rotatable bonds is 5. The third-order valence-corrected chi connectivity index (χ3v) is 1.52. The second-order valence-corrected chi connectivity index (χ2v) is 2.86. The van der Waals surface area contributed by atoms with Crippen LogP contribution >= 0.6 is 0 Å². The molecule has 8 nitrogen and oxygen atoms in total. The summed E-state index contributed by atoms with van der Waals surface area (Å²) in [5.74, 6) is -1.39. The third kappa shape index (κ3) is 7.26. The van der Waals surface area contributed by atoms with E-state index in [1.165, 1.54) is 0 Å². The predicted octanol–water partition coefficient (Wildman–Crippen LogP) is -1.84. The molecule has 0 saturated heterocycles. The SMILES string of the molecule is NC(N)=NC(=O)NCCCC(N)C(=O)O. The van der Waals surface area contributed by atoms with Crippen molar-refractivity contribution in [2.24, 2.45) is 22.2 Å². The lowest BCUT2D eigenvalue weighted by Crippen LogP contribution is -2.32. The molecule has 0 aromatic rings. The smallest absolute Gasteiger partial charge is 0.344 e. The molecule has 0 heterocycles. The Morgan fingerprint density at radius 3 is 2.47 bits per heavy atom. The average molecular weight is 217 g/mol. The molecule has 15 heavy (non-hydrogen) atoms. The number of nitrogens with one attached hydrogen (secondary N) is 1. The van der Waals surface area contributed by atoms with Gasteiger partial charge in [-0.3, -0.25) is 4.79 Å². The van der Waals surface area contributed by atoms with Crippen molar-refractivity contribution in [2.45, 2.75) is 18.9 Å². The second kappa shape index (κ2) is 6.60. The Hall–Kier alpha value is -1.83. The van der Waals surface area contributed by atoms with Gasteiger partial charge in [0.05, 0.1) is 0 Å². The summed E-state index contributed by atoms with van der Waals surface area (Å²) < 4.78 is 0. The van der Waals surface area contributed by atoms with Crippen LogP contribution in [0.1, 0.15) is 12.8 Å². The first-order valence-electron chi connectivity index (χ1n) is 4.29. The zero-order chi connectivity index (χ0) is 11.8. The highest BCUT2D eigenvalue weighted by Gasteiger charge is 2.10. The number of carbonyl (C=O) groups excluding carboxylic acids is 1. The van der Waals surface area contributed by atoms with Gasteiger partial charge in [-0.2, -0.15) is 4.99 Å². The molecule has 1 unspecified atom stereocenters. The molecule has 8 N–H and O–H groups in total. The van der Waals surface area contributed by atoms with E-state index in [0.29, 0.717) is 6.42 Å². The summed E-state index contributed by atoms with van der Waals surface area (Å²) in [6.07, 6.45) is 0.719. The Balaban J connectivity index is 3.59. The first-order chi connectivity index (χ1) is 6.93. The first-order valence-corrected chi connectivity index (χ1v) is 4.29. The van der Waals surface area contributed by atoms with E-state index >= 15 is 0 Å². The van der Waals surface area contributed by atoms with Gasteiger partial charge < -0.3 is 27.6 Å². The number of guanidine groups is 1. The Kier molecular flexibility index (Phi) is 5.79. The van der Waals surface area contributed by atoms with E-state index < -0.39 is 18.0 Å². The van der Waals surface area contributed by atoms with Gasteiger partial charge in [-0.25, -0.2) is 4.79 Å². The van der Waals surface area contributed by atoms with E-state index in [4.69, 9.17) is 22.3 Å². The highest BCUT2D eigenvalue weighted by molar-refractivity contribution is 5.90. The molecule has 8 heteroatoms. The lowest BCUT2D eigenvalue weighted by Gasteiger charge is -2.05. The Morgan fingerprint density at radius 2 is 2.00 bits per heavy atom. The van der Waals surface area contributed by atoms with E-state index in [1.807, 2.05) is 0 Å². The van der Waals surface area contributed by atoms with Gasteiger partial charge in [0.1, 0.15) is 6.04 Å². The average Bonchev–Trinajstić information content (AvgIpc) is 2.10. The molecule has 0 spiro atoms. The molecule has 0 radical (unpaired) electrons. The fourth-order valence-electron chi connectivity index (χ4n) is 0.798. The van der Waals surface area contributed by atoms with Crippen LogP contribution in [0.4, 0.5) is 4.79 Å². The van der Waals surface area contributed by atoms with Gasteiger partial charge in [0.25, 0.3) is 0 Å². The lowest BCUT2D eigenvalue weighted by atomic mass is 10.2. The summed E-state index contributed by atoms with van der Waals surface area (Å²) in [7, 11) is 0. The summed E-state index contributed by atoms with van der Waals surface area (Å²) in [5.41, 5.74) is 15.1. The normalized spacial score (nSPS) is 11.5.